The van der Waals surface area contributed by atoms with Crippen LogP contribution in [-0.2, 0) is 13.1 Å². The topological polar surface area (TPSA) is 40.8 Å². The fourth-order valence-corrected chi connectivity index (χ4v) is 1.28. The lowest BCUT2D eigenvalue weighted by Crippen LogP contribution is -2.04. The van der Waals surface area contributed by atoms with Crippen LogP contribution in [-0.4, -0.2) is 11.6 Å². The van der Waals surface area contributed by atoms with Crippen molar-refractivity contribution in [3.05, 3.63) is 24.0 Å². The van der Waals surface area contributed by atoms with Crippen LogP contribution in [0.15, 0.2) is 18.5 Å². The van der Waals surface area contributed by atoms with Gasteiger partial charge >= 0.3 is 0 Å². The lowest BCUT2D eigenvalue weighted by atomic mass is 10.3. The van der Waals surface area contributed by atoms with E-state index in [-0.39, 0.29) is 0 Å². The van der Waals surface area contributed by atoms with E-state index in [0.717, 1.165) is 19.5 Å². The predicted molar refractivity (Wildman–Crippen MR) is 52.0 cm³/mol. The summed E-state index contributed by atoms with van der Waals surface area (Å²) in [7, 11) is 1.94. The van der Waals surface area contributed by atoms with E-state index in [9.17, 15) is 0 Å². The first-order valence-electron chi connectivity index (χ1n) is 4.53. The summed E-state index contributed by atoms with van der Waals surface area (Å²) in [6.45, 7) is 1.85. The number of nitriles is 1. The van der Waals surface area contributed by atoms with Crippen LogP contribution < -0.4 is 5.32 Å². The molecule has 70 valence electrons. The molecule has 0 aliphatic rings. The molecule has 0 aromatic carbocycles. The van der Waals surface area contributed by atoms with Crippen LogP contribution >= 0.6 is 0 Å². The Hall–Kier alpha value is -1.27. The molecule has 0 radical (unpaired) electrons. The van der Waals surface area contributed by atoms with Crippen molar-refractivity contribution in [1.29, 1.82) is 5.26 Å². The number of nitrogens with zero attached hydrogens (tertiary/aromatic N) is 2. The van der Waals surface area contributed by atoms with Gasteiger partial charge in [0.1, 0.15) is 0 Å². The Morgan fingerprint density at radius 3 is 3.15 bits per heavy atom. The maximum atomic E-state index is 8.36. The van der Waals surface area contributed by atoms with Gasteiger partial charge in [0.25, 0.3) is 0 Å². The molecule has 1 aromatic heterocycles. The second-order valence-electron chi connectivity index (χ2n) is 3.05. The zero-order valence-electron chi connectivity index (χ0n) is 7.95. The normalized spacial score (nSPS) is 9.85. The summed E-state index contributed by atoms with van der Waals surface area (Å²) in [5.74, 6) is 0. The number of nitrogens with one attached hydrogen (secondary N) is 1. The molecule has 0 bridgehead atoms. The summed E-state index contributed by atoms with van der Waals surface area (Å²) < 4.78 is 2.13. The summed E-state index contributed by atoms with van der Waals surface area (Å²) in [4.78, 5) is 0. The molecule has 0 saturated carbocycles. The fourth-order valence-electron chi connectivity index (χ4n) is 1.28. The second kappa shape index (κ2) is 5.39. The maximum absolute atomic E-state index is 8.36. The molecule has 1 heterocycles. The SMILES string of the molecule is CNCc1ccn(CCCC#N)c1. The van der Waals surface area contributed by atoms with Gasteiger partial charge < -0.3 is 9.88 Å². The van der Waals surface area contributed by atoms with Crippen molar-refractivity contribution in [2.24, 2.45) is 0 Å². The van der Waals surface area contributed by atoms with E-state index in [1.807, 2.05) is 7.05 Å². The van der Waals surface area contributed by atoms with Crippen LogP contribution in [0, 0.1) is 11.3 Å². The summed E-state index contributed by atoms with van der Waals surface area (Å²) in [5.41, 5.74) is 1.29. The van der Waals surface area contributed by atoms with Crippen molar-refractivity contribution >= 4 is 0 Å². The molecule has 1 aromatic rings. The number of hydrogen-bond acceptors (Lipinski definition) is 2. The minimum absolute atomic E-state index is 0.638. The largest absolute Gasteiger partial charge is 0.354 e. The molecule has 0 amide bonds. The highest BCUT2D eigenvalue weighted by atomic mass is 14.9. The molecular formula is C10H15N3. The number of hydrogen-bond donors (Lipinski definition) is 1. The lowest BCUT2D eigenvalue weighted by Gasteiger charge is -1.98. The number of rotatable bonds is 5. The van der Waals surface area contributed by atoms with Gasteiger partial charge in [-0.25, -0.2) is 0 Å². The zero-order chi connectivity index (χ0) is 9.52. The van der Waals surface area contributed by atoms with Gasteiger partial charge in [0.15, 0.2) is 0 Å². The van der Waals surface area contributed by atoms with E-state index in [1.54, 1.807) is 0 Å². The molecule has 0 atom stereocenters. The Morgan fingerprint density at radius 1 is 1.62 bits per heavy atom. The summed E-state index contributed by atoms with van der Waals surface area (Å²) in [6, 6.07) is 4.24. The van der Waals surface area contributed by atoms with Gasteiger partial charge in [-0.2, -0.15) is 5.26 Å². The number of aromatic nitrogens is 1. The highest BCUT2D eigenvalue weighted by Crippen LogP contribution is 2.02. The molecule has 1 rings (SSSR count). The van der Waals surface area contributed by atoms with Crippen molar-refractivity contribution in [1.82, 2.24) is 9.88 Å². The fraction of sp³-hybridized carbons (Fsp3) is 0.500. The molecule has 0 aliphatic carbocycles. The number of aryl methyl sites for hydroxylation is 1. The van der Waals surface area contributed by atoms with Crippen molar-refractivity contribution in [3.8, 4) is 6.07 Å². The van der Waals surface area contributed by atoms with Crippen LogP contribution in [0.3, 0.4) is 0 Å². The average Bonchev–Trinajstić information content (AvgIpc) is 2.54. The van der Waals surface area contributed by atoms with Gasteiger partial charge in [-0.1, -0.05) is 0 Å². The third kappa shape index (κ3) is 3.30. The third-order valence-electron chi connectivity index (χ3n) is 1.90. The van der Waals surface area contributed by atoms with Crippen LogP contribution in [0.25, 0.3) is 0 Å². The Morgan fingerprint density at radius 2 is 2.46 bits per heavy atom. The van der Waals surface area contributed by atoms with Gasteiger partial charge in [0.05, 0.1) is 6.07 Å². The third-order valence-corrected chi connectivity index (χ3v) is 1.90. The highest BCUT2D eigenvalue weighted by molar-refractivity contribution is 5.09. The van der Waals surface area contributed by atoms with Crippen LogP contribution in [0.1, 0.15) is 18.4 Å². The van der Waals surface area contributed by atoms with E-state index >= 15 is 0 Å². The van der Waals surface area contributed by atoms with Crippen molar-refractivity contribution in [3.63, 3.8) is 0 Å². The molecule has 1 N–H and O–H groups in total. The van der Waals surface area contributed by atoms with Crippen molar-refractivity contribution in [2.45, 2.75) is 25.9 Å². The Kier molecular flexibility index (Phi) is 4.07. The van der Waals surface area contributed by atoms with Crippen molar-refractivity contribution in [2.75, 3.05) is 7.05 Å². The van der Waals surface area contributed by atoms with Gasteiger partial charge in [-0.3, -0.25) is 0 Å². The summed E-state index contributed by atoms with van der Waals surface area (Å²) in [5, 5.41) is 11.5. The quantitative estimate of drug-likeness (QED) is 0.693. The van der Waals surface area contributed by atoms with E-state index < -0.39 is 0 Å². The molecule has 0 aliphatic heterocycles. The van der Waals surface area contributed by atoms with E-state index in [0.29, 0.717) is 6.42 Å². The molecule has 13 heavy (non-hydrogen) atoms. The minimum Gasteiger partial charge on any atom is -0.354 e. The molecule has 3 heteroatoms. The first kappa shape index (κ1) is 9.82. The summed E-state index contributed by atoms with van der Waals surface area (Å²) in [6.07, 6.45) is 5.75. The standard InChI is InChI=1S/C10H15N3/c1-12-8-10-4-7-13(9-10)6-3-2-5-11/h4,7,9,12H,2-3,6,8H2,1H3. The van der Waals surface area contributed by atoms with E-state index in [2.05, 4.69) is 34.4 Å². The van der Waals surface area contributed by atoms with Gasteiger partial charge in [-0.05, 0) is 25.1 Å². The maximum Gasteiger partial charge on any atom is 0.0622 e. The molecule has 0 spiro atoms. The lowest BCUT2D eigenvalue weighted by molar-refractivity contribution is 0.654. The highest BCUT2D eigenvalue weighted by Gasteiger charge is 1.94. The molecule has 0 fully saturated rings. The Bertz CT molecular complexity index is 283. The second-order valence-corrected chi connectivity index (χ2v) is 3.05. The van der Waals surface area contributed by atoms with Crippen molar-refractivity contribution < 1.29 is 0 Å². The van der Waals surface area contributed by atoms with Gasteiger partial charge in [-0.15, -0.1) is 0 Å². The average molecular weight is 177 g/mol. The molecular weight excluding hydrogens is 162 g/mol. The monoisotopic (exact) mass is 177 g/mol. The van der Waals surface area contributed by atoms with Crippen LogP contribution in [0.4, 0.5) is 0 Å². The molecule has 3 nitrogen and oxygen atoms in total. The Labute approximate surface area is 79.0 Å². The van der Waals surface area contributed by atoms with E-state index in [4.69, 9.17) is 5.26 Å². The molecule has 0 unspecified atom stereocenters. The summed E-state index contributed by atoms with van der Waals surface area (Å²) >= 11 is 0. The zero-order valence-corrected chi connectivity index (χ0v) is 7.95. The smallest absolute Gasteiger partial charge is 0.0622 e. The minimum atomic E-state index is 0.638. The van der Waals surface area contributed by atoms with Crippen LogP contribution in [0.2, 0.25) is 0 Å². The first-order valence-corrected chi connectivity index (χ1v) is 4.53. The van der Waals surface area contributed by atoms with E-state index in [1.165, 1.54) is 5.56 Å². The van der Waals surface area contributed by atoms with Gasteiger partial charge in [0, 0.05) is 31.9 Å². The Balaban J connectivity index is 2.36. The van der Waals surface area contributed by atoms with Gasteiger partial charge in [0.2, 0.25) is 0 Å². The molecule has 0 saturated heterocycles. The predicted octanol–water partition coefficient (Wildman–Crippen LogP) is 1.51. The van der Waals surface area contributed by atoms with Crippen LogP contribution in [0.5, 0.6) is 0 Å². The number of unbranched alkanes of at least 4 members (excludes halogenated alkanes) is 1. The first-order chi connectivity index (χ1) is 6.36.